The molecule has 0 saturated carbocycles. The number of thiophene rings is 1. The maximum absolute atomic E-state index is 12.4. The average Bonchev–Trinajstić information content (AvgIpc) is 2.95. The minimum atomic E-state index is -0.426. The Morgan fingerprint density at radius 3 is 2.64 bits per heavy atom. The molecule has 1 heterocycles. The van der Waals surface area contributed by atoms with Crippen LogP contribution in [0.3, 0.4) is 0 Å². The van der Waals surface area contributed by atoms with Crippen LogP contribution in [0.1, 0.15) is 15.2 Å². The number of nitrogens with one attached hydrogen (secondary N) is 1. The second-order valence-electron chi connectivity index (χ2n) is 4.92. The maximum atomic E-state index is 12.4. The first-order valence-electron chi connectivity index (χ1n) is 7.05. The van der Waals surface area contributed by atoms with Crippen molar-refractivity contribution in [3.05, 3.63) is 61.9 Å². The molecule has 1 aromatic heterocycles. The highest BCUT2D eigenvalue weighted by atomic mass is 35.5. The molecule has 1 amide bonds. The Labute approximate surface area is 163 Å². The number of rotatable bonds is 4. The first-order valence-corrected chi connectivity index (χ1v) is 9.00. The number of nitrogens with zero attached hydrogens (tertiary/aromatic N) is 1. The minimum absolute atomic E-state index is 0.322. The molecule has 0 saturated heterocycles. The monoisotopic (exact) mass is 412 g/mol. The van der Waals surface area contributed by atoms with Gasteiger partial charge in [-0.15, -0.1) is 11.3 Å². The summed E-state index contributed by atoms with van der Waals surface area (Å²) in [6.45, 7) is 0. The van der Waals surface area contributed by atoms with Crippen molar-refractivity contribution in [2.24, 2.45) is 5.10 Å². The summed E-state index contributed by atoms with van der Waals surface area (Å²) in [5.41, 5.74) is 3.14. The van der Waals surface area contributed by atoms with Crippen LogP contribution in [0, 0.1) is 0 Å². The van der Waals surface area contributed by atoms with E-state index in [0.717, 1.165) is 0 Å². The van der Waals surface area contributed by atoms with Gasteiger partial charge in [-0.25, -0.2) is 5.43 Å². The molecule has 0 radical (unpaired) electrons. The normalized spacial score (nSPS) is 11.2. The second kappa shape index (κ2) is 7.62. The highest BCUT2D eigenvalue weighted by molar-refractivity contribution is 7.22. The maximum Gasteiger partial charge on any atom is 0.283 e. The highest BCUT2D eigenvalue weighted by Crippen LogP contribution is 2.42. The predicted octanol–water partition coefficient (Wildman–Crippen LogP) is 5.63. The standard InChI is InChI=1S/C17H11Cl3N2O2S/c1-24-12-7-6-10-13(19)16(25-15(10)14(12)20)17(23)22-21-8-9-4-2-3-5-11(9)18/h2-8H,1H3,(H,22,23)/b21-8+. The van der Waals surface area contributed by atoms with Gasteiger partial charge in [0, 0.05) is 16.0 Å². The third kappa shape index (κ3) is 3.60. The number of halogens is 3. The van der Waals surface area contributed by atoms with E-state index in [1.54, 1.807) is 24.3 Å². The predicted molar refractivity (Wildman–Crippen MR) is 105 cm³/mol. The van der Waals surface area contributed by atoms with Crippen LogP contribution in [-0.2, 0) is 0 Å². The Kier molecular flexibility index (Phi) is 5.49. The van der Waals surface area contributed by atoms with Gasteiger partial charge in [-0.3, -0.25) is 4.79 Å². The van der Waals surface area contributed by atoms with Gasteiger partial charge in [-0.1, -0.05) is 53.0 Å². The number of methoxy groups -OCH3 is 1. The molecule has 0 spiro atoms. The molecule has 2 aromatic carbocycles. The molecule has 128 valence electrons. The Balaban J connectivity index is 1.86. The van der Waals surface area contributed by atoms with Gasteiger partial charge in [-0.2, -0.15) is 5.10 Å². The molecule has 4 nitrogen and oxygen atoms in total. The van der Waals surface area contributed by atoms with E-state index >= 15 is 0 Å². The second-order valence-corrected chi connectivity index (χ2v) is 7.11. The highest BCUT2D eigenvalue weighted by Gasteiger charge is 2.20. The molecular formula is C17H11Cl3N2O2S. The molecule has 0 bridgehead atoms. The zero-order chi connectivity index (χ0) is 18.0. The molecule has 1 N–H and O–H groups in total. The number of carbonyl (C=O) groups excluding carboxylic acids is 1. The Morgan fingerprint density at radius 2 is 1.92 bits per heavy atom. The van der Waals surface area contributed by atoms with Gasteiger partial charge < -0.3 is 4.74 Å². The van der Waals surface area contributed by atoms with Crippen molar-refractivity contribution in [2.45, 2.75) is 0 Å². The summed E-state index contributed by atoms with van der Waals surface area (Å²) in [7, 11) is 1.53. The Hall–Kier alpha value is -1.79. The van der Waals surface area contributed by atoms with Crippen molar-refractivity contribution < 1.29 is 9.53 Å². The van der Waals surface area contributed by atoms with Crippen molar-refractivity contribution in [1.82, 2.24) is 5.43 Å². The molecule has 0 fully saturated rings. The van der Waals surface area contributed by atoms with Gasteiger partial charge in [-0.05, 0) is 18.2 Å². The van der Waals surface area contributed by atoms with Crippen LogP contribution in [-0.4, -0.2) is 19.2 Å². The van der Waals surface area contributed by atoms with Gasteiger partial charge in [0.1, 0.15) is 15.6 Å². The number of carbonyl (C=O) groups is 1. The first-order chi connectivity index (χ1) is 12.0. The topological polar surface area (TPSA) is 50.7 Å². The smallest absolute Gasteiger partial charge is 0.283 e. The summed E-state index contributed by atoms with van der Waals surface area (Å²) < 4.78 is 5.87. The number of hydrazone groups is 1. The van der Waals surface area contributed by atoms with Crippen LogP contribution in [0.25, 0.3) is 10.1 Å². The molecule has 0 aliphatic carbocycles. The average molecular weight is 414 g/mol. The van der Waals surface area contributed by atoms with Crippen LogP contribution in [0.5, 0.6) is 5.75 Å². The lowest BCUT2D eigenvalue weighted by Crippen LogP contribution is -2.16. The SMILES string of the molecule is COc1ccc2c(Cl)c(C(=O)N/N=C/c3ccccc3Cl)sc2c1Cl. The van der Waals surface area contributed by atoms with E-state index in [4.69, 9.17) is 39.5 Å². The first kappa shape index (κ1) is 18.0. The lowest BCUT2D eigenvalue weighted by Gasteiger charge is -2.02. The summed E-state index contributed by atoms with van der Waals surface area (Å²) >= 11 is 19.8. The Morgan fingerprint density at radius 1 is 1.16 bits per heavy atom. The van der Waals surface area contributed by atoms with Crippen LogP contribution in [0.4, 0.5) is 0 Å². The Bertz CT molecular complexity index is 985. The van der Waals surface area contributed by atoms with Crippen molar-refractivity contribution in [3.8, 4) is 5.75 Å². The fourth-order valence-electron chi connectivity index (χ4n) is 2.17. The molecule has 0 unspecified atom stereocenters. The number of amides is 1. The summed E-state index contributed by atoms with van der Waals surface area (Å²) in [6, 6.07) is 10.6. The summed E-state index contributed by atoms with van der Waals surface area (Å²) in [5, 5.41) is 5.91. The third-order valence-electron chi connectivity index (χ3n) is 3.40. The zero-order valence-electron chi connectivity index (χ0n) is 12.8. The van der Waals surface area contributed by atoms with E-state index < -0.39 is 5.91 Å². The molecule has 0 aliphatic rings. The van der Waals surface area contributed by atoms with Crippen molar-refractivity contribution >= 4 is 68.3 Å². The van der Waals surface area contributed by atoms with Gasteiger partial charge >= 0.3 is 0 Å². The molecule has 0 atom stereocenters. The van der Waals surface area contributed by atoms with Crippen LogP contribution < -0.4 is 10.2 Å². The van der Waals surface area contributed by atoms with Gasteiger partial charge in [0.25, 0.3) is 5.91 Å². The van der Waals surface area contributed by atoms with E-state index in [9.17, 15) is 4.79 Å². The van der Waals surface area contributed by atoms with E-state index in [1.807, 2.05) is 12.1 Å². The molecule has 8 heteroatoms. The van der Waals surface area contributed by atoms with E-state index in [-0.39, 0.29) is 0 Å². The van der Waals surface area contributed by atoms with Crippen molar-refractivity contribution in [3.63, 3.8) is 0 Å². The summed E-state index contributed by atoms with van der Waals surface area (Å²) in [5.74, 6) is 0.0975. The minimum Gasteiger partial charge on any atom is -0.495 e. The van der Waals surface area contributed by atoms with Gasteiger partial charge in [0.2, 0.25) is 0 Å². The third-order valence-corrected chi connectivity index (χ3v) is 5.96. The van der Waals surface area contributed by atoms with Crippen LogP contribution in [0.15, 0.2) is 41.5 Å². The largest absolute Gasteiger partial charge is 0.495 e. The van der Waals surface area contributed by atoms with Crippen molar-refractivity contribution in [2.75, 3.05) is 7.11 Å². The fraction of sp³-hybridized carbons (Fsp3) is 0.0588. The fourth-order valence-corrected chi connectivity index (χ4v) is 4.14. The number of hydrogen-bond donors (Lipinski definition) is 1. The lowest BCUT2D eigenvalue weighted by atomic mass is 10.2. The number of benzene rings is 2. The molecular weight excluding hydrogens is 403 g/mol. The lowest BCUT2D eigenvalue weighted by molar-refractivity contribution is 0.0959. The van der Waals surface area contributed by atoms with Crippen LogP contribution in [0.2, 0.25) is 15.1 Å². The summed E-state index contributed by atoms with van der Waals surface area (Å²) in [4.78, 5) is 12.7. The number of hydrogen-bond acceptors (Lipinski definition) is 4. The molecule has 0 aliphatic heterocycles. The van der Waals surface area contributed by atoms with Gasteiger partial charge in [0.05, 0.1) is 23.0 Å². The van der Waals surface area contributed by atoms with Crippen molar-refractivity contribution in [1.29, 1.82) is 0 Å². The van der Waals surface area contributed by atoms with E-state index in [2.05, 4.69) is 10.5 Å². The zero-order valence-corrected chi connectivity index (χ0v) is 15.9. The van der Waals surface area contributed by atoms with E-state index in [0.29, 0.717) is 41.3 Å². The summed E-state index contributed by atoms with van der Waals surface area (Å²) in [6.07, 6.45) is 1.47. The number of fused-ring (bicyclic) bond motifs is 1. The quantitative estimate of drug-likeness (QED) is 0.445. The number of ether oxygens (including phenoxy) is 1. The molecule has 25 heavy (non-hydrogen) atoms. The molecule has 3 rings (SSSR count). The van der Waals surface area contributed by atoms with Crippen LogP contribution >= 0.6 is 46.1 Å². The van der Waals surface area contributed by atoms with Gasteiger partial charge in [0.15, 0.2) is 0 Å². The molecule has 3 aromatic rings. The van der Waals surface area contributed by atoms with E-state index in [1.165, 1.54) is 24.7 Å².